The highest BCUT2D eigenvalue weighted by molar-refractivity contribution is 6.18. The van der Waals surface area contributed by atoms with Crippen LogP contribution in [0.25, 0.3) is 5.65 Å². The lowest BCUT2D eigenvalue weighted by Gasteiger charge is -2.32. The number of carbonyl (C=O) groups is 1. The molecule has 1 unspecified atom stereocenters. The number of rotatable bonds is 2. The first kappa shape index (κ1) is 16.8. The Kier molecular flexibility index (Phi) is 4.06. The summed E-state index contributed by atoms with van der Waals surface area (Å²) in [5.74, 6) is -0.288. The molecule has 1 aliphatic rings. The molecule has 130 valence electrons. The first-order valence-electron chi connectivity index (χ1n) is 8.99. The number of imidazole rings is 1. The lowest BCUT2D eigenvalue weighted by atomic mass is 9.68. The first-order valence-corrected chi connectivity index (χ1v) is 8.99. The summed E-state index contributed by atoms with van der Waals surface area (Å²) in [6.45, 7) is 3.88. The number of nitrogens with one attached hydrogen (secondary N) is 1. The summed E-state index contributed by atoms with van der Waals surface area (Å²) in [6, 6.07) is 10.1. The van der Waals surface area contributed by atoms with Crippen molar-refractivity contribution < 1.29 is 4.79 Å². The zero-order chi connectivity index (χ0) is 18.3. The third kappa shape index (κ3) is 2.79. The van der Waals surface area contributed by atoms with Crippen LogP contribution in [-0.2, 0) is 11.9 Å². The van der Waals surface area contributed by atoms with Gasteiger partial charge in [0, 0.05) is 16.8 Å². The Hall–Kier alpha value is -2.63. The number of hydrogen-bond acceptors (Lipinski definition) is 3. The summed E-state index contributed by atoms with van der Waals surface area (Å²) in [7, 11) is 6.69. The molecule has 6 heteroatoms. The summed E-state index contributed by atoms with van der Waals surface area (Å²) in [5.41, 5.74) is 4.02. The van der Waals surface area contributed by atoms with Crippen LogP contribution in [0.1, 0.15) is 52.3 Å². The lowest BCUT2D eigenvalue weighted by Crippen LogP contribution is -2.46. The van der Waals surface area contributed by atoms with Gasteiger partial charge < -0.3 is 5.32 Å². The molecule has 2 aromatic heterocycles. The Bertz CT molecular complexity index is 997. The van der Waals surface area contributed by atoms with Crippen molar-refractivity contribution >= 4 is 19.4 Å². The molecule has 5 nitrogen and oxygen atoms in total. The van der Waals surface area contributed by atoms with Crippen LogP contribution in [-0.4, -0.2) is 28.1 Å². The molecule has 1 aromatic carbocycles. The van der Waals surface area contributed by atoms with E-state index in [2.05, 4.69) is 21.4 Å². The maximum Gasteiger partial charge on any atom is 0.273 e. The fraction of sp³-hybridized carbons (Fsp3) is 0.350. The van der Waals surface area contributed by atoms with E-state index in [1.54, 1.807) is 6.33 Å². The molecule has 1 atom stereocenters. The second-order valence-corrected chi connectivity index (χ2v) is 7.12. The topological polar surface area (TPSA) is 59.3 Å². The average molecular weight is 344 g/mol. The fourth-order valence-corrected chi connectivity index (χ4v) is 3.86. The molecular weight excluding hydrogens is 323 g/mol. The van der Waals surface area contributed by atoms with Gasteiger partial charge in [0.1, 0.15) is 14.2 Å². The van der Waals surface area contributed by atoms with Crippen molar-refractivity contribution in [1.29, 1.82) is 0 Å². The Morgan fingerprint density at radius 1 is 1.27 bits per heavy atom. The highest BCUT2D eigenvalue weighted by Gasteiger charge is 2.32. The Labute approximate surface area is 154 Å². The standard InChI is InChI=1S/C20H21BN4O/c1-13-11-14(2)25-12-22-17(18(25)23-13)19(26)24-20(21)10-6-5-8-15-7-3-4-9-16(15)20/h3-4,7,9,11-12H,5-6,8,10H2,1-2H3,(H,24,26). The van der Waals surface area contributed by atoms with Crippen LogP contribution in [0, 0.1) is 13.8 Å². The first-order chi connectivity index (χ1) is 12.5. The molecule has 1 aliphatic carbocycles. The zero-order valence-electron chi connectivity index (χ0n) is 15.1. The molecular formula is C20H21BN4O. The number of carbonyl (C=O) groups excluding carboxylic acids is 1. The highest BCUT2D eigenvalue weighted by Crippen LogP contribution is 2.32. The van der Waals surface area contributed by atoms with Crippen molar-refractivity contribution in [3.63, 3.8) is 0 Å². The van der Waals surface area contributed by atoms with Gasteiger partial charge in [-0.2, -0.15) is 0 Å². The largest absolute Gasteiger partial charge is 0.349 e. The Balaban J connectivity index is 1.73. The van der Waals surface area contributed by atoms with Crippen molar-refractivity contribution in [1.82, 2.24) is 19.7 Å². The quantitative estimate of drug-likeness (QED) is 0.574. The van der Waals surface area contributed by atoms with Crippen molar-refractivity contribution in [3.8, 4) is 0 Å². The smallest absolute Gasteiger partial charge is 0.273 e. The molecule has 1 amide bonds. The number of hydrogen-bond donors (Lipinski definition) is 1. The summed E-state index contributed by atoms with van der Waals surface area (Å²) in [4.78, 5) is 21.8. The third-order valence-corrected chi connectivity index (χ3v) is 5.14. The third-order valence-electron chi connectivity index (χ3n) is 5.14. The van der Waals surface area contributed by atoms with Crippen LogP contribution in [0.2, 0.25) is 0 Å². The van der Waals surface area contributed by atoms with Gasteiger partial charge in [-0.05, 0) is 50.3 Å². The number of benzene rings is 1. The van der Waals surface area contributed by atoms with E-state index in [0.717, 1.165) is 36.2 Å². The molecule has 26 heavy (non-hydrogen) atoms. The molecule has 2 heterocycles. The molecule has 0 bridgehead atoms. The van der Waals surface area contributed by atoms with E-state index in [1.807, 2.05) is 42.5 Å². The SMILES string of the molecule is [B]C1(NC(=O)c2ncn3c(C)cc(C)nc23)CCCCc2ccccc21. The van der Waals surface area contributed by atoms with Crippen LogP contribution in [0.4, 0.5) is 0 Å². The van der Waals surface area contributed by atoms with Gasteiger partial charge in [0.05, 0.1) is 0 Å². The number of fused-ring (bicyclic) bond motifs is 2. The minimum Gasteiger partial charge on any atom is -0.349 e. The van der Waals surface area contributed by atoms with Crippen molar-refractivity contribution in [2.75, 3.05) is 0 Å². The maximum absolute atomic E-state index is 13.0. The normalized spacial score (nSPS) is 19.8. The van der Waals surface area contributed by atoms with E-state index in [-0.39, 0.29) is 5.91 Å². The summed E-state index contributed by atoms with van der Waals surface area (Å²) in [6.07, 6.45) is 5.35. The highest BCUT2D eigenvalue weighted by atomic mass is 16.2. The average Bonchev–Trinajstić information content (AvgIpc) is 2.96. The molecule has 0 aliphatic heterocycles. The van der Waals surface area contributed by atoms with Crippen LogP contribution in [0.15, 0.2) is 36.7 Å². The number of aryl methyl sites for hydroxylation is 3. The van der Waals surface area contributed by atoms with E-state index in [4.69, 9.17) is 7.85 Å². The van der Waals surface area contributed by atoms with Crippen LogP contribution in [0.5, 0.6) is 0 Å². The molecule has 0 fully saturated rings. The van der Waals surface area contributed by atoms with Gasteiger partial charge in [-0.3, -0.25) is 9.20 Å². The van der Waals surface area contributed by atoms with E-state index in [0.29, 0.717) is 17.8 Å². The number of aromatic nitrogens is 3. The summed E-state index contributed by atoms with van der Waals surface area (Å²) < 4.78 is 1.83. The minimum atomic E-state index is -0.890. The lowest BCUT2D eigenvalue weighted by molar-refractivity contribution is 0.0920. The second kappa shape index (κ2) is 6.27. The van der Waals surface area contributed by atoms with Gasteiger partial charge in [0.2, 0.25) is 0 Å². The van der Waals surface area contributed by atoms with Crippen molar-refractivity contribution in [2.45, 2.75) is 45.0 Å². The van der Waals surface area contributed by atoms with E-state index < -0.39 is 5.44 Å². The van der Waals surface area contributed by atoms with E-state index >= 15 is 0 Å². The van der Waals surface area contributed by atoms with Crippen LogP contribution < -0.4 is 5.32 Å². The van der Waals surface area contributed by atoms with Gasteiger partial charge in [-0.15, -0.1) is 0 Å². The molecule has 0 saturated heterocycles. The molecule has 3 aromatic rings. The molecule has 1 N–H and O–H groups in total. The molecule has 4 rings (SSSR count). The van der Waals surface area contributed by atoms with Gasteiger partial charge >= 0.3 is 0 Å². The van der Waals surface area contributed by atoms with Gasteiger partial charge in [-0.1, -0.05) is 30.7 Å². The second-order valence-electron chi connectivity index (χ2n) is 7.12. The molecule has 2 radical (unpaired) electrons. The summed E-state index contributed by atoms with van der Waals surface area (Å²) >= 11 is 0. The summed E-state index contributed by atoms with van der Waals surface area (Å²) in [5, 5.41) is 3.05. The Morgan fingerprint density at radius 2 is 2.08 bits per heavy atom. The van der Waals surface area contributed by atoms with Crippen LogP contribution in [0.3, 0.4) is 0 Å². The van der Waals surface area contributed by atoms with Crippen LogP contribution >= 0.6 is 0 Å². The van der Waals surface area contributed by atoms with Crippen molar-refractivity contribution in [2.24, 2.45) is 0 Å². The number of amides is 1. The van der Waals surface area contributed by atoms with E-state index in [9.17, 15) is 4.79 Å². The predicted molar refractivity (Wildman–Crippen MR) is 101 cm³/mol. The molecule has 0 saturated carbocycles. The van der Waals surface area contributed by atoms with Gasteiger partial charge in [0.25, 0.3) is 5.91 Å². The Morgan fingerprint density at radius 3 is 2.92 bits per heavy atom. The zero-order valence-corrected chi connectivity index (χ0v) is 15.1. The van der Waals surface area contributed by atoms with Gasteiger partial charge in [-0.25, -0.2) is 9.97 Å². The van der Waals surface area contributed by atoms with Crippen molar-refractivity contribution in [3.05, 3.63) is 64.9 Å². The fourth-order valence-electron chi connectivity index (χ4n) is 3.86. The monoisotopic (exact) mass is 344 g/mol. The van der Waals surface area contributed by atoms with E-state index in [1.165, 1.54) is 5.56 Å². The maximum atomic E-state index is 13.0. The predicted octanol–water partition coefficient (Wildman–Crippen LogP) is 2.82. The number of nitrogens with zero attached hydrogens (tertiary/aromatic N) is 3. The van der Waals surface area contributed by atoms with Gasteiger partial charge in [0.15, 0.2) is 11.3 Å². The minimum absolute atomic E-state index is 0.288. The molecule has 0 spiro atoms.